The number of nitrogens with zero attached hydrogens (tertiary/aromatic N) is 2. The summed E-state index contributed by atoms with van der Waals surface area (Å²) in [5.74, 6) is 1.81. The number of likely N-dealkylation sites (tertiary alicyclic amines) is 1. The van der Waals surface area contributed by atoms with Crippen LogP contribution in [0, 0.1) is 0 Å². The van der Waals surface area contributed by atoms with Gasteiger partial charge in [-0.2, -0.15) is 0 Å². The van der Waals surface area contributed by atoms with Gasteiger partial charge < -0.3 is 24.4 Å². The lowest BCUT2D eigenvalue weighted by atomic mass is 10.1. The zero-order valence-corrected chi connectivity index (χ0v) is 18.3. The van der Waals surface area contributed by atoms with Crippen molar-refractivity contribution >= 4 is 21.9 Å². The molecule has 1 N–H and O–H groups in total. The number of rotatable bonds is 9. The van der Waals surface area contributed by atoms with E-state index in [2.05, 4.69) is 45.2 Å². The van der Waals surface area contributed by atoms with Gasteiger partial charge in [-0.25, -0.2) is 4.99 Å². The van der Waals surface area contributed by atoms with Gasteiger partial charge in [0.25, 0.3) is 0 Å². The first-order valence-corrected chi connectivity index (χ1v) is 10.4. The topological polar surface area (TPSA) is 55.3 Å². The molecule has 0 saturated carbocycles. The van der Waals surface area contributed by atoms with E-state index in [-0.39, 0.29) is 0 Å². The zero-order valence-electron chi connectivity index (χ0n) is 16.7. The minimum atomic E-state index is 0.346. The number of methoxy groups -OCH3 is 2. The average molecular weight is 442 g/mol. The van der Waals surface area contributed by atoms with Gasteiger partial charge in [0.05, 0.1) is 24.2 Å². The van der Waals surface area contributed by atoms with E-state index in [0.717, 1.165) is 73.9 Å². The van der Waals surface area contributed by atoms with Crippen LogP contribution in [0.25, 0.3) is 0 Å². The van der Waals surface area contributed by atoms with E-state index in [1.54, 1.807) is 14.2 Å². The molecule has 1 aliphatic heterocycles. The highest BCUT2D eigenvalue weighted by Crippen LogP contribution is 2.25. The first-order chi connectivity index (χ1) is 13.2. The molecule has 1 heterocycles. The van der Waals surface area contributed by atoms with Crippen LogP contribution < -0.4 is 10.1 Å². The highest BCUT2D eigenvalue weighted by Gasteiger charge is 2.21. The quantitative estimate of drug-likeness (QED) is 0.361. The van der Waals surface area contributed by atoms with Gasteiger partial charge in [0.1, 0.15) is 5.75 Å². The van der Waals surface area contributed by atoms with E-state index < -0.39 is 0 Å². The SMILES string of the molecule is CCNC(=NCc1ccc(OC)c(Br)c1)N1CCC(OCCCOC)CC1. The third-order valence-corrected chi connectivity index (χ3v) is 5.17. The van der Waals surface area contributed by atoms with E-state index >= 15 is 0 Å². The number of aliphatic imine (C=N–C) groups is 1. The van der Waals surface area contributed by atoms with Crippen LogP contribution in [-0.2, 0) is 16.0 Å². The number of guanidine groups is 1. The van der Waals surface area contributed by atoms with Crippen LogP contribution in [0.15, 0.2) is 27.7 Å². The first kappa shape index (κ1) is 22.0. The second-order valence-corrected chi connectivity index (χ2v) is 7.40. The third kappa shape index (κ3) is 7.31. The Bertz CT molecular complexity index is 590. The number of piperidine rings is 1. The lowest BCUT2D eigenvalue weighted by molar-refractivity contribution is 0.00990. The summed E-state index contributed by atoms with van der Waals surface area (Å²) in [5, 5.41) is 3.42. The summed E-state index contributed by atoms with van der Waals surface area (Å²) >= 11 is 3.54. The van der Waals surface area contributed by atoms with Crippen molar-refractivity contribution in [2.45, 2.75) is 38.8 Å². The van der Waals surface area contributed by atoms with Crippen LogP contribution >= 0.6 is 15.9 Å². The van der Waals surface area contributed by atoms with Crippen molar-refractivity contribution in [3.63, 3.8) is 0 Å². The maximum absolute atomic E-state index is 5.95. The van der Waals surface area contributed by atoms with Crippen LogP contribution in [-0.4, -0.2) is 64.0 Å². The van der Waals surface area contributed by atoms with Gasteiger partial charge in [-0.3, -0.25) is 0 Å². The van der Waals surface area contributed by atoms with Gasteiger partial charge in [-0.15, -0.1) is 0 Å². The number of halogens is 1. The van der Waals surface area contributed by atoms with Gasteiger partial charge in [-0.1, -0.05) is 6.07 Å². The molecule has 152 valence electrons. The molecule has 0 bridgehead atoms. The maximum Gasteiger partial charge on any atom is 0.194 e. The Morgan fingerprint density at radius 2 is 2.04 bits per heavy atom. The molecule has 1 aromatic carbocycles. The Labute approximate surface area is 171 Å². The summed E-state index contributed by atoms with van der Waals surface area (Å²) in [6.45, 7) is 7.07. The van der Waals surface area contributed by atoms with Crippen molar-refractivity contribution in [1.82, 2.24) is 10.2 Å². The lowest BCUT2D eigenvalue weighted by Gasteiger charge is -2.34. The Balaban J connectivity index is 1.87. The Hall–Kier alpha value is -1.31. The maximum atomic E-state index is 5.95. The van der Waals surface area contributed by atoms with Crippen molar-refractivity contribution in [2.24, 2.45) is 4.99 Å². The normalized spacial score (nSPS) is 15.9. The Kier molecular flexibility index (Phi) is 9.94. The molecule has 1 aliphatic rings. The highest BCUT2D eigenvalue weighted by molar-refractivity contribution is 9.10. The molecular formula is C20H32BrN3O3. The molecule has 7 heteroatoms. The predicted molar refractivity (Wildman–Crippen MR) is 113 cm³/mol. The van der Waals surface area contributed by atoms with Gasteiger partial charge in [0.2, 0.25) is 0 Å². The lowest BCUT2D eigenvalue weighted by Crippen LogP contribution is -2.47. The molecule has 2 rings (SSSR count). The van der Waals surface area contributed by atoms with E-state index in [4.69, 9.17) is 19.2 Å². The molecule has 0 spiro atoms. The van der Waals surface area contributed by atoms with Crippen LogP contribution in [0.5, 0.6) is 5.75 Å². The fourth-order valence-electron chi connectivity index (χ4n) is 3.09. The standard InChI is InChI=1S/C20H32BrN3O3/c1-4-22-20(23-15-16-6-7-19(26-3)18(21)14-16)24-10-8-17(9-11-24)27-13-5-12-25-2/h6-7,14,17H,4-5,8-13,15H2,1-3H3,(H,22,23). The monoisotopic (exact) mass is 441 g/mol. The molecule has 1 saturated heterocycles. The number of ether oxygens (including phenoxy) is 3. The molecular weight excluding hydrogens is 410 g/mol. The number of hydrogen-bond donors (Lipinski definition) is 1. The van der Waals surface area contributed by atoms with Gasteiger partial charge in [0, 0.05) is 40.0 Å². The molecule has 0 aliphatic carbocycles. The van der Waals surface area contributed by atoms with Crippen LogP contribution in [0.1, 0.15) is 31.7 Å². The van der Waals surface area contributed by atoms with Crippen molar-refractivity contribution in [2.75, 3.05) is 47.1 Å². The Morgan fingerprint density at radius 1 is 1.26 bits per heavy atom. The van der Waals surface area contributed by atoms with Crippen LogP contribution in [0.4, 0.5) is 0 Å². The molecule has 6 nitrogen and oxygen atoms in total. The van der Waals surface area contributed by atoms with E-state index in [1.165, 1.54) is 0 Å². The van der Waals surface area contributed by atoms with Crippen LogP contribution in [0.3, 0.4) is 0 Å². The molecule has 0 radical (unpaired) electrons. The van der Waals surface area contributed by atoms with Crippen molar-refractivity contribution in [1.29, 1.82) is 0 Å². The summed E-state index contributed by atoms with van der Waals surface area (Å²) in [6.07, 6.45) is 3.37. The van der Waals surface area contributed by atoms with Crippen molar-refractivity contribution in [3.8, 4) is 5.75 Å². The molecule has 0 unspecified atom stereocenters. The summed E-state index contributed by atoms with van der Waals surface area (Å²) in [4.78, 5) is 7.16. The van der Waals surface area contributed by atoms with Crippen molar-refractivity contribution < 1.29 is 14.2 Å². The molecule has 0 amide bonds. The Morgan fingerprint density at radius 3 is 2.67 bits per heavy atom. The summed E-state index contributed by atoms with van der Waals surface area (Å²) in [5.41, 5.74) is 1.15. The fraction of sp³-hybridized carbons (Fsp3) is 0.650. The third-order valence-electron chi connectivity index (χ3n) is 4.55. The predicted octanol–water partition coefficient (Wildman–Crippen LogP) is 3.44. The second kappa shape index (κ2) is 12.2. The largest absolute Gasteiger partial charge is 0.496 e. The van der Waals surface area contributed by atoms with Crippen LogP contribution in [0.2, 0.25) is 0 Å². The minimum Gasteiger partial charge on any atom is -0.496 e. The van der Waals surface area contributed by atoms with Crippen molar-refractivity contribution in [3.05, 3.63) is 28.2 Å². The number of nitrogens with one attached hydrogen (secondary N) is 1. The summed E-state index contributed by atoms with van der Waals surface area (Å²) in [7, 11) is 3.40. The minimum absolute atomic E-state index is 0.346. The van der Waals surface area contributed by atoms with E-state index in [1.807, 2.05) is 6.07 Å². The number of benzene rings is 1. The van der Waals surface area contributed by atoms with Gasteiger partial charge in [0.15, 0.2) is 5.96 Å². The molecule has 27 heavy (non-hydrogen) atoms. The van der Waals surface area contributed by atoms with E-state index in [0.29, 0.717) is 12.6 Å². The summed E-state index contributed by atoms with van der Waals surface area (Å²) < 4.78 is 17.3. The van der Waals surface area contributed by atoms with E-state index in [9.17, 15) is 0 Å². The van der Waals surface area contributed by atoms with Gasteiger partial charge >= 0.3 is 0 Å². The highest BCUT2D eigenvalue weighted by atomic mass is 79.9. The molecule has 0 aromatic heterocycles. The zero-order chi connectivity index (χ0) is 19.5. The van der Waals surface area contributed by atoms with Gasteiger partial charge in [-0.05, 0) is 59.8 Å². The molecule has 1 aromatic rings. The average Bonchev–Trinajstić information content (AvgIpc) is 2.69. The number of hydrogen-bond acceptors (Lipinski definition) is 4. The molecule has 1 fully saturated rings. The first-order valence-electron chi connectivity index (χ1n) is 9.64. The smallest absolute Gasteiger partial charge is 0.194 e. The summed E-state index contributed by atoms with van der Waals surface area (Å²) in [6, 6.07) is 6.08. The second-order valence-electron chi connectivity index (χ2n) is 6.54. The fourth-order valence-corrected chi connectivity index (χ4v) is 3.68. The molecule has 0 atom stereocenters.